The summed E-state index contributed by atoms with van der Waals surface area (Å²) < 4.78 is 33.2. The van der Waals surface area contributed by atoms with Gasteiger partial charge in [0.25, 0.3) is 0 Å². The van der Waals surface area contributed by atoms with E-state index in [9.17, 15) is 13.2 Å². The Balaban J connectivity index is 1.76. The molecule has 0 radical (unpaired) electrons. The van der Waals surface area contributed by atoms with Gasteiger partial charge < -0.3 is 4.74 Å². The van der Waals surface area contributed by atoms with Crippen LogP contribution in [-0.4, -0.2) is 31.9 Å². The van der Waals surface area contributed by atoms with Crippen molar-refractivity contribution in [1.29, 1.82) is 0 Å². The monoisotopic (exact) mass is 321 g/mol. The van der Waals surface area contributed by atoms with Crippen LogP contribution in [0.2, 0.25) is 0 Å². The van der Waals surface area contributed by atoms with Gasteiger partial charge in [-0.15, -0.1) is 0 Å². The molecule has 1 saturated heterocycles. The highest BCUT2D eigenvalue weighted by Gasteiger charge is 2.49. The van der Waals surface area contributed by atoms with E-state index in [1.54, 1.807) is 24.3 Å². The Morgan fingerprint density at radius 1 is 1.18 bits per heavy atom. The average molecular weight is 321 g/mol. The third-order valence-electron chi connectivity index (χ3n) is 4.11. The molecular formula is C16H19NO4S. The first-order chi connectivity index (χ1) is 10.2. The Kier molecular flexibility index (Phi) is 3.51. The number of rotatable bonds is 4. The lowest BCUT2D eigenvalue weighted by molar-refractivity contribution is -0.149. The fourth-order valence-electron chi connectivity index (χ4n) is 3.01. The van der Waals surface area contributed by atoms with Gasteiger partial charge in [-0.25, -0.2) is 13.1 Å². The Bertz CT molecular complexity index is 738. The van der Waals surface area contributed by atoms with E-state index in [2.05, 4.69) is 4.72 Å². The molecule has 22 heavy (non-hydrogen) atoms. The molecule has 2 unspecified atom stereocenters. The predicted octanol–water partition coefficient (Wildman–Crippen LogP) is 1.72. The number of benzene rings is 1. The number of sulfonamides is 1. The van der Waals surface area contributed by atoms with Gasteiger partial charge >= 0.3 is 0 Å². The van der Waals surface area contributed by atoms with Gasteiger partial charge in [-0.3, -0.25) is 4.79 Å². The van der Waals surface area contributed by atoms with Crippen molar-refractivity contribution in [3.63, 3.8) is 0 Å². The van der Waals surface area contributed by atoms with E-state index in [1.807, 2.05) is 26.0 Å². The Morgan fingerprint density at radius 3 is 2.55 bits per heavy atom. The van der Waals surface area contributed by atoms with Crippen molar-refractivity contribution in [3.05, 3.63) is 42.0 Å². The Hall–Kier alpha value is -1.50. The van der Waals surface area contributed by atoms with Crippen LogP contribution in [0.4, 0.5) is 0 Å². The summed E-state index contributed by atoms with van der Waals surface area (Å²) in [5.41, 5.74) is -0.472. The highest BCUT2D eigenvalue weighted by Crippen LogP contribution is 2.41. The molecule has 0 spiro atoms. The Labute approximate surface area is 130 Å². The molecule has 0 aromatic heterocycles. The van der Waals surface area contributed by atoms with Crippen molar-refractivity contribution in [2.75, 3.05) is 6.54 Å². The number of nitrogens with one attached hydrogen (secondary N) is 1. The second-order valence-electron chi connectivity index (χ2n) is 6.34. The normalized spacial score (nSPS) is 30.7. The van der Waals surface area contributed by atoms with Crippen molar-refractivity contribution in [3.8, 4) is 0 Å². The molecule has 5 nitrogen and oxygen atoms in total. The third-order valence-corrected chi connectivity index (χ3v) is 5.53. The molecule has 0 amide bonds. The maximum absolute atomic E-state index is 12.3. The van der Waals surface area contributed by atoms with Crippen LogP contribution in [0.15, 0.2) is 41.3 Å². The summed E-state index contributed by atoms with van der Waals surface area (Å²) in [5, 5.41) is 0. The van der Waals surface area contributed by atoms with Gasteiger partial charge in [-0.1, -0.05) is 29.8 Å². The lowest BCUT2D eigenvalue weighted by Crippen LogP contribution is -2.50. The topological polar surface area (TPSA) is 72.5 Å². The van der Waals surface area contributed by atoms with Crippen LogP contribution < -0.4 is 4.72 Å². The number of carbonyl (C=O) groups is 1. The van der Waals surface area contributed by atoms with E-state index in [1.165, 1.54) is 0 Å². The molecular weight excluding hydrogens is 302 g/mol. The molecule has 2 atom stereocenters. The molecule has 1 aromatic rings. The summed E-state index contributed by atoms with van der Waals surface area (Å²) in [4.78, 5) is 12.1. The maximum Gasteiger partial charge on any atom is 0.240 e. The summed E-state index contributed by atoms with van der Waals surface area (Å²) in [6.45, 7) is 3.80. The van der Waals surface area contributed by atoms with E-state index in [-0.39, 0.29) is 23.6 Å². The zero-order valence-corrected chi connectivity index (χ0v) is 13.4. The summed E-state index contributed by atoms with van der Waals surface area (Å²) in [7, 11) is -3.62. The minimum absolute atomic E-state index is 0.0566. The highest BCUT2D eigenvalue weighted by atomic mass is 32.2. The molecule has 0 aliphatic carbocycles. The molecule has 0 saturated carbocycles. The number of fused-ring (bicyclic) bond motifs is 2. The van der Waals surface area contributed by atoms with Crippen molar-refractivity contribution >= 4 is 15.8 Å². The quantitative estimate of drug-likeness (QED) is 0.857. The first-order valence-corrected chi connectivity index (χ1v) is 8.69. The van der Waals surface area contributed by atoms with Gasteiger partial charge in [0.05, 0.1) is 10.5 Å². The van der Waals surface area contributed by atoms with Crippen molar-refractivity contribution in [2.45, 2.75) is 42.8 Å². The van der Waals surface area contributed by atoms with E-state index < -0.39 is 21.2 Å². The molecule has 1 fully saturated rings. The number of ketones is 1. The van der Waals surface area contributed by atoms with Crippen LogP contribution in [-0.2, 0) is 19.6 Å². The Morgan fingerprint density at radius 2 is 1.86 bits per heavy atom. The van der Waals surface area contributed by atoms with Crippen LogP contribution in [0.25, 0.3) is 0 Å². The first kappa shape index (κ1) is 15.4. The SMILES string of the molecule is Cc1ccc(S(=O)(=O)NCC23C=CC(C)(CC(=O)C2)O3)cc1. The van der Waals surface area contributed by atoms with Gasteiger partial charge in [0.1, 0.15) is 11.4 Å². The number of carbonyl (C=O) groups excluding carboxylic acids is 1. The van der Waals surface area contributed by atoms with Gasteiger partial charge in [0, 0.05) is 19.4 Å². The number of hydrogen-bond donors (Lipinski definition) is 1. The molecule has 3 rings (SSSR count). The van der Waals surface area contributed by atoms with E-state index in [0.29, 0.717) is 6.42 Å². The molecule has 6 heteroatoms. The average Bonchev–Trinajstić information content (AvgIpc) is 2.68. The van der Waals surface area contributed by atoms with Crippen molar-refractivity contribution in [2.24, 2.45) is 0 Å². The van der Waals surface area contributed by atoms with Gasteiger partial charge in [0.2, 0.25) is 10.0 Å². The second kappa shape index (κ2) is 5.01. The number of Topliss-reactive ketones (excluding diaryl/α,β-unsaturated/α-hetero) is 1. The molecule has 2 aliphatic heterocycles. The summed E-state index contributed by atoms with van der Waals surface area (Å²) in [6, 6.07) is 6.63. The second-order valence-corrected chi connectivity index (χ2v) is 8.11. The summed E-state index contributed by atoms with van der Waals surface area (Å²) >= 11 is 0. The van der Waals surface area contributed by atoms with Crippen LogP contribution in [0.3, 0.4) is 0 Å². The molecule has 2 heterocycles. The third kappa shape index (κ3) is 2.86. The minimum Gasteiger partial charge on any atom is -0.358 e. The molecule has 2 aliphatic rings. The first-order valence-electron chi connectivity index (χ1n) is 7.21. The van der Waals surface area contributed by atoms with Crippen LogP contribution in [0, 0.1) is 6.92 Å². The zero-order valence-electron chi connectivity index (χ0n) is 12.6. The van der Waals surface area contributed by atoms with Crippen molar-refractivity contribution in [1.82, 2.24) is 4.72 Å². The standard InChI is InChI=1S/C16H19NO4S/c1-12-3-5-14(6-4-12)22(19,20)17-11-16-8-7-15(2,21-16)9-13(18)10-16/h3-8,17H,9-11H2,1-2H3. The van der Waals surface area contributed by atoms with Crippen LogP contribution in [0.5, 0.6) is 0 Å². The zero-order chi connectivity index (χ0) is 16.0. The molecule has 1 N–H and O–H groups in total. The molecule has 118 valence electrons. The fraction of sp³-hybridized carbons (Fsp3) is 0.438. The minimum atomic E-state index is -3.62. The number of hydrogen-bond acceptors (Lipinski definition) is 4. The summed E-state index contributed by atoms with van der Waals surface area (Å²) in [5.74, 6) is 0.0910. The predicted molar refractivity (Wildman–Crippen MR) is 82.0 cm³/mol. The molecule has 1 aromatic carbocycles. The number of ether oxygens (including phenoxy) is 1. The lowest BCUT2D eigenvalue weighted by Gasteiger charge is -2.37. The van der Waals surface area contributed by atoms with E-state index in [0.717, 1.165) is 5.56 Å². The number of aryl methyl sites for hydroxylation is 1. The maximum atomic E-state index is 12.3. The van der Waals surface area contributed by atoms with Crippen LogP contribution in [0.1, 0.15) is 25.3 Å². The summed E-state index contributed by atoms with van der Waals surface area (Å²) in [6.07, 6.45) is 4.22. The smallest absolute Gasteiger partial charge is 0.240 e. The molecule has 2 bridgehead atoms. The lowest BCUT2D eigenvalue weighted by atomic mass is 9.91. The van der Waals surface area contributed by atoms with Gasteiger partial charge in [-0.2, -0.15) is 0 Å². The largest absolute Gasteiger partial charge is 0.358 e. The highest BCUT2D eigenvalue weighted by molar-refractivity contribution is 7.89. The fourth-order valence-corrected chi connectivity index (χ4v) is 4.11. The van der Waals surface area contributed by atoms with E-state index in [4.69, 9.17) is 4.74 Å². The van der Waals surface area contributed by atoms with Crippen LogP contribution >= 0.6 is 0 Å². The van der Waals surface area contributed by atoms with E-state index >= 15 is 0 Å². The van der Waals surface area contributed by atoms with Gasteiger partial charge in [-0.05, 0) is 26.0 Å². The van der Waals surface area contributed by atoms with Crippen molar-refractivity contribution < 1.29 is 17.9 Å². The van der Waals surface area contributed by atoms with Gasteiger partial charge in [0.15, 0.2) is 0 Å².